The highest BCUT2D eigenvalue weighted by atomic mass is 16.5. The summed E-state index contributed by atoms with van der Waals surface area (Å²) < 4.78 is 12.7. The maximum absolute atomic E-state index is 9.55. The predicted octanol–water partition coefficient (Wildman–Crippen LogP) is 7.61. The first-order chi connectivity index (χ1) is 15.0. The Kier molecular flexibility index (Phi) is 6.28. The average Bonchev–Trinajstić information content (AvgIpc) is 2.74. The van der Waals surface area contributed by atoms with Crippen molar-refractivity contribution in [3.05, 3.63) is 82.9 Å². The summed E-state index contributed by atoms with van der Waals surface area (Å²) in [7, 11) is 0. The fourth-order valence-electron chi connectivity index (χ4n) is 3.30. The molecule has 0 atom stereocenters. The molecule has 0 aliphatic heterocycles. The number of nitrogens with zero attached hydrogens (tertiary/aromatic N) is 2. The Morgan fingerprint density at radius 3 is 1.59 bits per heavy atom. The molecule has 4 nitrogen and oxygen atoms in total. The lowest BCUT2D eigenvalue weighted by atomic mass is 9.80. The minimum Gasteiger partial charge on any atom is -0.452 e. The Labute approximate surface area is 190 Å². The van der Waals surface area contributed by atoms with Gasteiger partial charge >= 0.3 is 0 Å². The third-order valence-electron chi connectivity index (χ3n) is 5.18. The van der Waals surface area contributed by atoms with Gasteiger partial charge in [0.05, 0.1) is 11.1 Å². The van der Waals surface area contributed by atoms with Crippen molar-refractivity contribution in [2.24, 2.45) is 0 Å². The highest BCUT2D eigenvalue weighted by Crippen LogP contribution is 2.46. The second-order valence-electron chi connectivity index (χ2n) is 9.77. The molecule has 0 N–H and O–H groups in total. The zero-order valence-corrected chi connectivity index (χ0v) is 19.5. The first-order valence-electron chi connectivity index (χ1n) is 10.6. The zero-order valence-electron chi connectivity index (χ0n) is 19.5. The summed E-state index contributed by atoms with van der Waals surface area (Å²) in [6, 6.07) is 22.7. The van der Waals surface area contributed by atoms with Gasteiger partial charge in [0.2, 0.25) is 0 Å². The van der Waals surface area contributed by atoms with Gasteiger partial charge in [-0.1, -0.05) is 71.9 Å². The molecule has 0 amide bonds. The molecule has 0 saturated carbocycles. The van der Waals surface area contributed by atoms with E-state index in [1.165, 1.54) is 0 Å². The summed E-state index contributed by atoms with van der Waals surface area (Å²) in [6.45, 7) is 12.8. The molecule has 0 fully saturated rings. The first kappa shape index (κ1) is 22.9. The van der Waals surface area contributed by atoms with Gasteiger partial charge in [-0.05, 0) is 46.7 Å². The largest absolute Gasteiger partial charge is 0.452 e. The number of ether oxygens (including phenoxy) is 2. The maximum Gasteiger partial charge on any atom is 0.173 e. The van der Waals surface area contributed by atoms with Crippen LogP contribution in [0.5, 0.6) is 23.0 Å². The molecule has 0 saturated heterocycles. The molecule has 3 rings (SSSR count). The van der Waals surface area contributed by atoms with E-state index in [2.05, 4.69) is 59.7 Å². The zero-order chi connectivity index (χ0) is 23.5. The van der Waals surface area contributed by atoms with E-state index in [0.29, 0.717) is 34.1 Å². The standard InChI is InChI=1S/C28H28N2O2/c1-27(2,3)21-15-22(28(4,5)6)26(32-24-14-10-8-12-20(24)18-30)25(16-21)31-23-13-9-7-11-19(23)17-29/h7-16H,1-6H3. The smallest absolute Gasteiger partial charge is 0.173 e. The van der Waals surface area contributed by atoms with E-state index in [-0.39, 0.29) is 10.8 Å². The summed E-state index contributed by atoms with van der Waals surface area (Å²) in [6.07, 6.45) is 0. The Morgan fingerprint density at radius 1 is 0.625 bits per heavy atom. The van der Waals surface area contributed by atoms with Crippen LogP contribution in [0.2, 0.25) is 0 Å². The Bertz CT molecular complexity index is 1220. The number of rotatable bonds is 4. The molecule has 0 aromatic heterocycles. The normalized spacial score (nSPS) is 11.4. The van der Waals surface area contributed by atoms with Crippen molar-refractivity contribution < 1.29 is 9.47 Å². The fraction of sp³-hybridized carbons (Fsp3) is 0.286. The number of hydrogen-bond acceptors (Lipinski definition) is 4. The van der Waals surface area contributed by atoms with E-state index in [1.54, 1.807) is 36.4 Å². The van der Waals surface area contributed by atoms with Crippen LogP contribution in [-0.4, -0.2) is 0 Å². The monoisotopic (exact) mass is 424 g/mol. The summed E-state index contributed by atoms with van der Waals surface area (Å²) >= 11 is 0. The van der Waals surface area contributed by atoms with Gasteiger partial charge in [-0.25, -0.2) is 0 Å². The lowest BCUT2D eigenvalue weighted by Crippen LogP contribution is -2.18. The average molecular weight is 425 g/mol. The van der Waals surface area contributed by atoms with Gasteiger partial charge in [0.15, 0.2) is 11.5 Å². The Balaban J connectivity index is 2.29. The molecule has 4 heteroatoms. The molecule has 0 aliphatic rings. The maximum atomic E-state index is 9.55. The predicted molar refractivity (Wildman–Crippen MR) is 126 cm³/mol. The van der Waals surface area contributed by atoms with E-state index in [0.717, 1.165) is 11.1 Å². The van der Waals surface area contributed by atoms with Crippen molar-refractivity contribution in [2.45, 2.75) is 52.4 Å². The number of hydrogen-bond donors (Lipinski definition) is 0. The molecule has 3 aromatic rings. The second kappa shape index (κ2) is 8.77. The lowest BCUT2D eigenvalue weighted by Gasteiger charge is -2.29. The molecule has 0 radical (unpaired) electrons. The minimum atomic E-state index is -0.259. The Hall–Kier alpha value is -3.76. The van der Waals surface area contributed by atoms with Crippen LogP contribution in [0.3, 0.4) is 0 Å². The minimum absolute atomic E-state index is 0.129. The summed E-state index contributed by atoms with van der Waals surface area (Å²) in [5.74, 6) is 1.97. The van der Waals surface area contributed by atoms with E-state index < -0.39 is 0 Å². The van der Waals surface area contributed by atoms with Crippen LogP contribution in [0, 0.1) is 22.7 Å². The summed E-state index contributed by atoms with van der Waals surface area (Å²) in [5.41, 5.74) is 2.54. The van der Waals surface area contributed by atoms with E-state index in [4.69, 9.17) is 9.47 Å². The number of para-hydroxylation sites is 2. The van der Waals surface area contributed by atoms with Crippen LogP contribution in [0.1, 0.15) is 63.8 Å². The van der Waals surface area contributed by atoms with Crippen LogP contribution in [0.4, 0.5) is 0 Å². The molecule has 0 heterocycles. The lowest BCUT2D eigenvalue weighted by molar-refractivity contribution is 0.400. The molecule has 162 valence electrons. The highest BCUT2D eigenvalue weighted by molar-refractivity contribution is 5.58. The van der Waals surface area contributed by atoms with Crippen molar-refractivity contribution >= 4 is 0 Å². The highest BCUT2D eigenvalue weighted by Gasteiger charge is 2.28. The quantitative estimate of drug-likeness (QED) is 0.432. The van der Waals surface area contributed by atoms with Gasteiger partial charge in [-0.3, -0.25) is 0 Å². The van der Waals surface area contributed by atoms with Crippen molar-refractivity contribution in [1.29, 1.82) is 10.5 Å². The molecule has 3 aromatic carbocycles. The first-order valence-corrected chi connectivity index (χ1v) is 10.6. The third kappa shape index (κ3) is 4.93. The number of nitriles is 2. The van der Waals surface area contributed by atoms with Crippen LogP contribution >= 0.6 is 0 Å². The summed E-state index contributed by atoms with van der Waals surface area (Å²) in [4.78, 5) is 0. The van der Waals surface area contributed by atoms with E-state index >= 15 is 0 Å². The van der Waals surface area contributed by atoms with E-state index in [1.807, 2.05) is 18.2 Å². The summed E-state index contributed by atoms with van der Waals surface area (Å²) in [5, 5.41) is 19.1. The molecule has 0 aliphatic carbocycles. The van der Waals surface area contributed by atoms with Crippen LogP contribution in [0.15, 0.2) is 60.7 Å². The SMILES string of the molecule is CC(C)(C)c1cc(Oc2ccccc2C#N)c(Oc2ccccc2C#N)c(C(C)(C)C)c1. The topological polar surface area (TPSA) is 66.0 Å². The second-order valence-corrected chi connectivity index (χ2v) is 9.77. The molecule has 32 heavy (non-hydrogen) atoms. The van der Waals surface area contributed by atoms with Crippen molar-refractivity contribution in [1.82, 2.24) is 0 Å². The van der Waals surface area contributed by atoms with Crippen molar-refractivity contribution in [3.63, 3.8) is 0 Å². The van der Waals surface area contributed by atoms with Gasteiger partial charge < -0.3 is 9.47 Å². The molecule has 0 bridgehead atoms. The van der Waals surface area contributed by atoms with Gasteiger partial charge in [0.1, 0.15) is 23.6 Å². The van der Waals surface area contributed by atoms with Crippen molar-refractivity contribution in [2.75, 3.05) is 0 Å². The van der Waals surface area contributed by atoms with Crippen molar-refractivity contribution in [3.8, 4) is 35.1 Å². The molecular weight excluding hydrogens is 396 g/mol. The molecular formula is C28H28N2O2. The number of benzene rings is 3. The van der Waals surface area contributed by atoms with Crippen LogP contribution < -0.4 is 9.47 Å². The van der Waals surface area contributed by atoms with E-state index in [9.17, 15) is 10.5 Å². The fourth-order valence-corrected chi connectivity index (χ4v) is 3.30. The van der Waals surface area contributed by atoms with Gasteiger partial charge in [-0.15, -0.1) is 0 Å². The van der Waals surface area contributed by atoms with Gasteiger partial charge in [0, 0.05) is 5.56 Å². The van der Waals surface area contributed by atoms with Gasteiger partial charge in [0.25, 0.3) is 0 Å². The third-order valence-corrected chi connectivity index (χ3v) is 5.18. The molecule has 0 spiro atoms. The van der Waals surface area contributed by atoms with Gasteiger partial charge in [-0.2, -0.15) is 10.5 Å². The Morgan fingerprint density at radius 2 is 1.12 bits per heavy atom. The van der Waals surface area contributed by atoms with Crippen LogP contribution in [-0.2, 0) is 10.8 Å². The van der Waals surface area contributed by atoms with Crippen LogP contribution in [0.25, 0.3) is 0 Å². The molecule has 0 unspecified atom stereocenters.